The average molecular weight is 302 g/mol. The summed E-state index contributed by atoms with van der Waals surface area (Å²) in [5, 5.41) is 3.08. The number of hydrogen-bond acceptors (Lipinski definition) is 3. The van der Waals surface area contributed by atoms with Crippen molar-refractivity contribution < 1.29 is 12.8 Å². The minimum absolute atomic E-state index is 0.220. The summed E-state index contributed by atoms with van der Waals surface area (Å²) in [6.45, 7) is 7.48. The van der Waals surface area contributed by atoms with E-state index in [9.17, 15) is 12.8 Å². The van der Waals surface area contributed by atoms with Gasteiger partial charge in [-0.1, -0.05) is 33.3 Å². The largest absolute Gasteiger partial charge is 0.313 e. The third kappa shape index (κ3) is 4.85. The third-order valence-corrected chi connectivity index (χ3v) is 4.62. The van der Waals surface area contributed by atoms with Crippen molar-refractivity contribution in [1.29, 1.82) is 0 Å². The topological polar surface area (TPSA) is 58.2 Å². The van der Waals surface area contributed by atoms with Gasteiger partial charge in [0.1, 0.15) is 10.7 Å². The number of nitrogens with one attached hydrogen (secondary N) is 2. The van der Waals surface area contributed by atoms with Crippen LogP contribution in [0.3, 0.4) is 0 Å². The van der Waals surface area contributed by atoms with Crippen LogP contribution in [-0.4, -0.2) is 21.5 Å². The summed E-state index contributed by atoms with van der Waals surface area (Å²) in [5.74, 6) is -0.500. The first-order chi connectivity index (χ1) is 9.40. The van der Waals surface area contributed by atoms with Gasteiger partial charge < -0.3 is 5.32 Å². The molecule has 0 aromatic heterocycles. The highest BCUT2D eigenvalue weighted by Crippen LogP contribution is 2.17. The van der Waals surface area contributed by atoms with Gasteiger partial charge in [0.05, 0.1) is 0 Å². The van der Waals surface area contributed by atoms with Gasteiger partial charge in [-0.15, -0.1) is 0 Å². The zero-order chi connectivity index (χ0) is 15.2. The SMILES string of the molecule is CCNCc1ccc(F)c(S(=O)(=O)NCC(C)CC)c1. The van der Waals surface area contributed by atoms with Gasteiger partial charge in [-0.3, -0.25) is 0 Å². The molecule has 0 amide bonds. The van der Waals surface area contributed by atoms with Crippen LogP contribution < -0.4 is 10.0 Å². The van der Waals surface area contributed by atoms with Crippen molar-refractivity contribution in [3.8, 4) is 0 Å². The maximum Gasteiger partial charge on any atom is 0.243 e. The molecule has 20 heavy (non-hydrogen) atoms. The van der Waals surface area contributed by atoms with Crippen LogP contribution in [0.1, 0.15) is 32.8 Å². The lowest BCUT2D eigenvalue weighted by atomic mass is 10.1. The number of rotatable bonds is 8. The number of benzene rings is 1. The molecule has 114 valence electrons. The number of sulfonamides is 1. The molecule has 0 fully saturated rings. The molecule has 0 radical (unpaired) electrons. The molecule has 0 saturated heterocycles. The van der Waals surface area contributed by atoms with Crippen LogP contribution in [0.15, 0.2) is 23.1 Å². The molecule has 1 rings (SSSR count). The molecular formula is C14H23FN2O2S. The van der Waals surface area contributed by atoms with Gasteiger partial charge in [0.25, 0.3) is 0 Å². The second-order valence-electron chi connectivity index (χ2n) is 4.91. The van der Waals surface area contributed by atoms with Gasteiger partial charge in [0, 0.05) is 13.1 Å². The van der Waals surface area contributed by atoms with Crippen LogP contribution in [0.4, 0.5) is 4.39 Å². The molecule has 0 saturated carbocycles. The highest BCUT2D eigenvalue weighted by atomic mass is 32.2. The molecular weight excluding hydrogens is 279 g/mol. The molecule has 1 atom stereocenters. The second kappa shape index (κ2) is 7.71. The Labute approximate surface area is 120 Å². The summed E-state index contributed by atoms with van der Waals surface area (Å²) in [6.07, 6.45) is 0.867. The second-order valence-corrected chi connectivity index (χ2v) is 6.65. The van der Waals surface area contributed by atoms with Crippen LogP contribution in [0.25, 0.3) is 0 Å². The Balaban J connectivity index is 2.92. The predicted octanol–water partition coefficient (Wildman–Crippen LogP) is 2.26. The van der Waals surface area contributed by atoms with Gasteiger partial charge in [0.2, 0.25) is 10.0 Å². The lowest BCUT2D eigenvalue weighted by Gasteiger charge is -2.12. The van der Waals surface area contributed by atoms with E-state index in [2.05, 4.69) is 10.0 Å². The van der Waals surface area contributed by atoms with Crippen LogP contribution in [0.5, 0.6) is 0 Å². The Bertz CT molecular complexity index is 532. The number of hydrogen-bond donors (Lipinski definition) is 2. The van der Waals surface area contributed by atoms with E-state index in [1.807, 2.05) is 20.8 Å². The van der Waals surface area contributed by atoms with E-state index in [1.165, 1.54) is 12.1 Å². The molecule has 0 aliphatic heterocycles. The first-order valence-corrected chi connectivity index (χ1v) is 8.37. The van der Waals surface area contributed by atoms with Crippen LogP contribution in [-0.2, 0) is 16.6 Å². The van der Waals surface area contributed by atoms with Gasteiger partial charge in [-0.05, 0) is 30.2 Å². The first kappa shape index (κ1) is 17.1. The van der Waals surface area contributed by atoms with Crippen molar-refractivity contribution in [2.45, 2.75) is 38.6 Å². The molecule has 0 spiro atoms. The molecule has 1 aromatic carbocycles. The zero-order valence-electron chi connectivity index (χ0n) is 12.2. The summed E-state index contributed by atoms with van der Waals surface area (Å²) in [7, 11) is -3.80. The Morgan fingerprint density at radius 3 is 2.60 bits per heavy atom. The summed E-state index contributed by atoms with van der Waals surface area (Å²) in [6, 6.07) is 4.17. The van der Waals surface area contributed by atoms with E-state index in [0.717, 1.165) is 18.5 Å². The maximum atomic E-state index is 13.8. The monoisotopic (exact) mass is 302 g/mol. The molecule has 4 nitrogen and oxygen atoms in total. The van der Waals surface area contributed by atoms with Gasteiger partial charge in [-0.2, -0.15) is 0 Å². The van der Waals surface area contributed by atoms with E-state index >= 15 is 0 Å². The minimum Gasteiger partial charge on any atom is -0.313 e. The van der Waals surface area contributed by atoms with Gasteiger partial charge >= 0.3 is 0 Å². The Kier molecular flexibility index (Phi) is 6.58. The molecule has 1 unspecified atom stereocenters. The Morgan fingerprint density at radius 2 is 2.00 bits per heavy atom. The fourth-order valence-electron chi connectivity index (χ4n) is 1.61. The van der Waals surface area contributed by atoms with E-state index in [4.69, 9.17) is 0 Å². The highest BCUT2D eigenvalue weighted by Gasteiger charge is 2.19. The van der Waals surface area contributed by atoms with Crippen molar-refractivity contribution in [3.05, 3.63) is 29.6 Å². The molecule has 0 aliphatic carbocycles. The third-order valence-electron chi connectivity index (χ3n) is 3.18. The Hall–Kier alpha value is -0.980. The fraction of sp³-hybridized carbons (Fsp3) is 0.571. The summed E-state index contributed by atoms with van der Waals surface area (Å²) in [4.78, 5) is -0.281. The quantitative estimate of drug-likeness (QED) is 0.774. The standard InChI is InChI=1S/C14H23FN2O2S/c1-4-11(3)9-17-20(18,19)14-8-12(10-16-5-2)6-7-13(14)15/h6-8,11,16-17H,4-5,9-10H2,1-3H3. The molecule has 0 bridgehead atoms. The van der Waals surface area contributed by atoms with Crippen molar-refractivity contribution in [1.82, 2.24) is 10.0 Å². The lowest BCUT2D eigenvalue weighted by Crippen LogP contribution is -2.29. The fourth-order valence-corrected chi connectivity index (χ4v) is 2.90. The highest BCUT2D eigenvalue weighted by molar-refractivity contribution is 7.89. The molecule has 1 aromatic rings. The summed E-state index contributed by atoms with van der Waals surface area (Å²) >= 11 is 0. The molecule has 0 aliphatic rings. The first-order valence-electron chi connectivity index (χ1n) is 6.89. The van der Waals surface area contributed by atoms with E-state index in [0.29, 0.717) is 13.1 Å². The Morgan fingerprint density at radius 1 is 1.30 bits per heavy atom. The smallest absolute Gasteiger partial charge is 0.243 e. The predicted molar refractivity (Wildman–Crippen MR) is 78.4 cm³/mol. The van der Waals surface area contributed by atoms with Crippen molar-refractivity contribution >= 4 is 10.0 Å². The normalized spacial score (nSPS) is 13.4. The average Bonchev–Trinajstić information content (AvgIpc) is 2.43. The lowest BCUT2D eigenvalue weighted by molar-refractivity contribution is 0.521. The van der Waals surface area contributed by atoms with E-state index in [-0.39, 0.29) is 10.8 Å². The summed E-state index contributed by atoms with van der Waals surface area (Å²) in [5.41, 5.74) is 0.747. The van der Waals surface area contributed by atoms with Crippen molar-refractivity contribution in [2.75, 3.05) is 13.1 Å². The molecule has 0 heterocycles. The van der Waals surface area contributed by atoms with Crippen molar-refractivity contribution in [2.24, 2.45) is 5.92 Å². The molecule has 2 N–H and O–H groups in total. The number of halogens is 1. The van der Waals surface area contributed by atoms with Gasteiger partial charge in [-0.25, -0.2) is 17.5 Å². The van der Waals surface area contributed by atoms with Crippen molar-refractivity contribution in [3.63, 3.8) is 0 Å². The zero-order valence-corrected chi connectivity index (χ0v) is 13.1. The van der Waals surface area contributed by atoms with Crippen LogP contribution in [0.2, 0.25) is 0 Å². The molecule has 6 heteroatoms. The van der Waals surface area contributed by atoms with Crippen LogP contribution in [0, 0.1) is 11.7 Å². The van der Waals surface area contributed by atoms with E-state index < -0.39 is 15.8 Å². The minimum atomic E-state index is -3.80. The van der Waals surface area contributed by atoms with Gasteiger partial charge in [0.15, 0.2) is 0 Å². The summed E-state index contributed by atoms with van der Waals surface area (Å²) < 4.78 is 40.5. The van der Waals surface area contributed by atoms with Crippen LogP contribution >= 0.6 is 0 Å². The maximum absolute atomic E-state index is 13.8. The van der Waals surface area contributed by atoms with E-state index in [1.54, 1.807) is 6.07 Å².